The Morgan fingerprint density at radius 3 is 1.32 bits per heavy atom. The monoisotopic (exact) mass is 627 g/mol. The van der Waals surface area contributed by atoms with Crippen molar-refractivity contribution in [2.24, 2.45) is 0 Å². The van der Waals surface area contributed by atoms with Crippen LogP contribution in [0.25, 0.3) is 11.1 Å². The van der Waals surface area contributed by atoms with E-state index in [0.29, 0.717) is 0 Å². The van der Waals surface area contributed by atoms with Gasteiger partial charge in [0, 0.05) is 5.56 Å². The van der Waals surface area contributed by atoms with Crippen LogP contribution < -0.4 is 5.32 Å². The molecule has 2 rings (SSSR count). The first-order valence-corrected chi connectivity index (χ1v) is 11.6. The van der Waals surface area contributed by atoms with E-state index in [1.807, 2.05) is 0 Å². The molecule has 0 unspecified atom stereocenters. The van der Waals surface area contributed by atoms with Crippen LogP contribution in [0.5, 0.6) is 0 Å². The molecule has 0 aliphatic carbocycles. The predicted molar refractivity (Wildman–Crippen MR) is 114 cm³/mol. The van der Waals surface area contributed by atoms with Gasteiger partial charge in [-0.25, -0.2) is 35.1 Å². The number of alkyl halides is 8. The van der Waals surface area contributed by atoms with Crippen LogP contribution in [-0.2, 0) is 12.1 Å². The van der Waals surface area contributed by atoms with Crippen LogP contribution >= 0.6 is 0 Å². The molecule has 2 aromatic carbocycles. The Kier molecular flexibility index (Phi) is 12.4. The molecule has 0 saturated heterocycles. The number of halogens is 16. The minimum Gasteiger partial charge on any atom is -0.317 e. The summed E-state index contributed by atoms with van der Waals surface area (Å²) in [6, 6.07) is 0. The maximum atomic E-state index is 13.9. The highest BCUT2D eigenvalue weighted by Gasteiger charge is 2.63. The van der Waals surface area contributed by atoms with Gasteiger partial charge < -0.3 is 5.32 Å². The lowest BCUT2D eigenvalue weighted by molar-refractivity contribution is -0.290. The van der Waals surface area contributed by atoms with E-state index in [-0.39, 0.29) is 0 Å². The average Bonchev–Trinajstić information content (AvgIpc) is 2.86. The normalized spacial score (nSPS) is 12.4. The van der Waals surface area contributed by atoms with Crippen molar-refractivity contribution in [2.75, 3.05) is 13.1 Å². The van der Waals surface area contributed by atoms with Crippen LogP contribution in [0.4, 0.5) is 70.2 Å². The van der Waals surface area contributed by atoms with E-state index in [4.69, 9.17) is 0 Å². The standard InChI is InChI=1S/C15F16.C9H21N/c16-5-2(6(17)10(21)12(23)9(5)20)1-3(13(24,25)15(29,30)31)7(18)11(22)8(19)4(1)14(26,27)28;1-3-5-6-7-9-10-8-4-2/h;10H,3-9H2,1-2H3. The molecule has 0 aliphatic heterocycles. The third kappa shape index (κ3) is 7.77. The van der Waals surface area contributed by atoms with Gasteiger partial charge in [-0.2, -0.15) is 35.1 Å². The number of rotatable bonds is 9. The Bertz CT molecular complexity index is 1160. The van der Waals surface area contributed by atoms with E-state index in [9.17, 15) is 70.2 Å². The zero-order valence-electron chi connectivity index (χ0n) is 21.0. The van der Waals surface area contributed by atoms with Crippen LogP contribution in [0, 0.1) is 46.5 Å². The van der Waals surface area contributed by atoms with Gasteiger partial charge in [-0.1, -0.05) is 33.1 Å². The Hall–Kier alpha value is -2.72. The second kappa shape index (κ2) is 14.0. The lowest BCUT2D eigenvalue weighted by Gasteiger charge is -2.26. The fraction of sp³-hybridized carbons (Fsp3) is 0.500. The zero-order valence-corrected chi connectivity index (χ0v) is 21.0. The predicted octanol–water partition coefficient (Wildman–Crippen LogP) is 9.71. The molecule has 0 fully saturated rings. The van der Waals surface area contributed by atoms with Gasteiger partial charge in [-0.15, -0.1) is 0 Å². The van der Waals surface area contributed by atoms with Crippen LogP contribution in [0.2, 0.25) is 0 Å². The van der Waals surface area contributed by atoms with Gasteiger partial charge in [0.2, 0.25) is 5.82 Å². The fourth-order valence-corrected chi connectivity index (χ4v) is 3.42. The van der Waals surface area contributed by atoms with E-state index in [2.05, 4.69) is 19.2 Å². The summed E-state index contributed by atoms with van der Waals surface area (Å²) in [5.41, 5.74) is -14.2. The largest absolute Gasteiger partial charge is 0.458 e. The van der Waals surface area contributed by atoms with E-state index in [0.717, 1.165) is 0 Å². The molecule has 0 bridgehead atoms. The average molecular weight is 627 g/mol. The second-order valence-electron chi connectivity index (χ2n) is 8.39. The molecule has 0 radical (unpaired) electrons. The van der Waals surface area contributed by atoms with Gasteiger partial charge in [-0.05, 0) is 25.9 Å². The van der Waals surface area contributed by atoms with Crippen molar-refractivity contribution in [1.29, 1.82) is 0 Å². The van der Waals surface area contributed by atoms with Gasteiger partial charge >= 0.3 is 18.3 Å². The van der Waals surface area contributed by atoms with Gasteiger partial charge in [-0.3, -0.25) is 0 Å². The molecule has 0 atom stereocenters. The van der Waals surface area contributed by atoms with E-state index < -0.39 is 87.1 Å². The summed E-state index contributed by atoms with van der Waals surface area (Å²) in [6.07, 6.45) is -6.94. The summed E-state index contributed by atoms with van der Waals surface area (Å²) in [5.74, 6) is -34.1. The second-order valence-corrected chi connectivity index (χ2v) is 8.39. The van der Waals surface area contributed by atoms with Crippen molar-refractivity contribution >= 4 is 0 Å². The maximum Gasteiger partial charge on any atom is 0.458 e. The first-order chi connectivity index (χ1) is 18.7. The molecule has 0 saturated carbocycles. The Labute approximate surface area is 222 Å². The molecule has 41 heavy (non-hydrogen) atoms. The van der Waals surface area contributed by atoms with Crippen molar-refractivity contribution < 1.29 is 70.2 Å². The fourth-order valence-electron chi connectivity index (χ4n) is 3.42. The minimum atomic E-state index is -7.10. The molecule has 2 aromatic rings. The Morgan fingerprint density at radius 2 is 0.902 bits per heavy atom. The summed E-state index contributed by atoms with van der Waals surface area (Å²) in [6.45, 7) is 6.86. The molecular formula is C24H21F16N. The highest BCUT2D eigenvalue weighted by molar-refractivity contribution is 5.75. The summed E-state index contributed by atoms with van der Waals surface area (Å²) < 4.78 is 214. The van der Waals surface area contributed by atoms with Crippen molar-refractivity contribution in [1.82, 2.24) is 5.32 Å². The smallest absolute Gasteiger partial charge is 0.317 e. The summed E-state index contributed by atoms with van der Waals surface area (Å²) in [7, 11) is 0. The Balaban J connectivity index is 0.000000716. The first kappa shape index (κ1) is 36.3. The highest BCUT2D eigenvalue weighted by Crippen LogP contribution is 2.53. The molecule has 0 heterocycles. The quantitative estimate of drug-likeness (QED) is 0.126. The summed E-state index contributed by atoms with van der Waals surface area (Å²) >= 11 is 0. The number of hydrogen-bond acceptors (Lipinski definition) is 1. The van der Waals surface area contributed by atoms with Crippen molar-refractivity contribution in [3.63, 3.8) is 0 Å². The number of nitrogens with one attached hydrogen (secondary N) is 1. The lowest BCUT2D eigenvalue weighted by atomic mass is 9.88. The maximum absolute atomic E-state index is 13.9. The van der Waals surface area contributed by atoms with E-state index in [1.165, 1.54) is 45.2 Å². The van der Waals surface area contributed by atoms with Crippen LogP contribution in [0.15, 0.2) is 0 Å². The summed E-state index contributed by atoms with van der Waals surface area (Å²) in [5, 5.41) is 3.39. The molecule has 17 heteroatoms. The van der Waals surface area contributed by atoms with Crippen LogP contribution in [-0.4, -0.2) is 19.3 Å². The molecule has 0 aromatic heterocycles. The molecule has 0 spiro atoms. The van der Waals surface area contributed by atoms with E-state index in [1.54, 1.807) is 0 Å². The van der Waals surface area contributed by atoms with Crippen LogP contribution in [0.1, 0.15) is 57.1 Å². The number of hydrogen-bond donors (Lipinski definition) is 1. The third-order valence-corrected chi connectivity index (χ3v) is 5.37. The SMILES string of the molecule is CCCCCCNCCC.Fc1c(F)c(F)c(-c2c(C(F)(F)F)c(F)c(F)c(F)c2C(F)(F)C(F)(F)F)c(F)c1F. The lowest BCUT2D eigenvalue weighted by Crippen LogP contribution is -2.36. The number of benzene rings is 2. The minimum absolute atomic E-state index is 1.19. The van der Waals surface area contributed by atoms with Crippen LogP contribution in [0.3, 0.4) is 0 Å². The first-order valence-electron chi connectivity index (χ1n) is 11.6. The number of unbranched alkanes of at least 4 members (excludes halogenated alkanes) is 3. The van der Waals surface area contributed by atoms with Gasteiger partial charge in [0.05, 0.1) is 11.1 Å². The molecule has 234 valence electrons. The van der Waals surface area contributed by atoms with Crippen molar-refractivity contribution in [3.05, 3.63) is 57.7 Å². The summed E-state index contributed by atoms with van der Waals surface area (Å²) in [4.78, 5) is 0. The molecule has 1 nitrogen and oxygen atoms in total. The van der Waals surface area contributed by atoms with Crippen molar-refractivity contribution in [3.8, 4) is 11.1 Å². The Morgan fingerprint density at radius 1 is 0.463 bits per heavy atom. The van der Waals surface area contributed by atoms with Gasteiger partial charge in [0.1, 0.15) is 5.56 Å². The zero-order chi connectivity index (χ0) is 32.1. The molecular weight excluding hydrogens is 606 g/mol. The molecule has 1 N–H and O–H groups in total. The highest BCUT2D eigenvalue weighted by atomic mass is 19.4. The van der Waals surface area contributed by atoms with E-state index >= 15 is 0 Å². The molecule has 0 amide bonds. The topological polar surface area (TPSA) is 12.0 Å². The van der Waals surface area contributed by atoms with Crippen molar-refractivity contribution in [2.45, 2.75) is 64.2 Å². The third-order valence-electron chi connectivity index (χ3n) is 5.37. The molecule has 0 aliphatic rings. The van der Waals surface area contributed by atoms with Gasteiger partial charge in [0.25, 0.3) is 0 Å². The van der Waals surface area contributed by atoms with Gasteiger partial charge in [0.15, 0.2) is 40.7 Å².